The minimum absolute atomic E-state index is 0.00787. The third-order valence-corrected chi connectivity index (χ3v) is 6.86. The van der Waals surface area contributed by atoms with Gasteiger partial charge < -0.3 is 19.9 Å². The maximum Gasteiger partial charge on any atom is 0.130 e. The molecule has 2 aromatic heterocycles. The number of aliphatic hydroxyl groups excluding tert-OH is 1. The normalized spacial score (nSPS) is 20.6. The van der Waals surface area contributed by atoms with Crippen molar-refractivity contribution in [3.63, 3.8) is 0 Å². The third-order valence-electron chi connectivity index (χ3n) is 5.50. The molecule has 1 aromatic carbocycles. The number of nitrogens with one attached hydrogen (secondary N) is 1. The van der Waals surface area contributed by atoms with Gasteiger partial charge in [0.05, 0.1) is 29.0 Å². The molecule has 2 fully saturated rings. The van der Waals surface area contributed by atoms with Crippen molar-refractivity contribution in [3.05, 3.63) is 45.9 Å². The first-order valence-electron chi connectivity index (χ1n) is 9.37. The minimum atomic E-state index is -0.0567. The molecular weight excluding hydrogens is 396 g/mol. The highest BCUT2D eigenvalue weighted by Gasteiger charge is 2.46. The van der Waals surface area contributed by atoms with Crippen LogP contribution in [0.3, 0.4) is 0 Å². The molecule has 2 N–H and O–H groups in total. The first kappa shape index (κ1) is 18.3. The number of fused-ring (bicyclic) bond motifs is 1. The van der Waals surface area contributed by atoms with E-state index < -0.39 is 0 Å². The zero-order valence-electron chi connectivity index (χ0n) is 15.5. The van der Waals surface area contributed by atoms with Crippen molar-refractivity contribution in [2.75, 3.05) is 19.7 Å². The molecular formula is C21H21ClN2O3S. The van der Waals surface area contributed by atoms with Gasteiger partial charge in [-0.25, -0.2) is 0 Å². The summed E-state index contributed by atoms with van der Waals surface area (Å²) in [5, 5.41) is 13.5. The van der Waals surface area contributed by atoms with Gasteiger partial charge in [-0.3, -0.25) is 4.98 Å². The van der Waals surface area contributed by atoms with Crippen LogP contribution in [0.2, 0.25) is 5.02 Å². The molecule has 2 saturated heterocycles. The second kappa shape index (κ2) is 6.97. The van der Waals surface area contributed by atoms with Crippen LogP contribution in [0.1, 0.15) is 16.9 Å². The summed E-state index contributed by atoms with van der Waals surface area (Å²) in [6, 6.07) is 7.80. The Morgan fingerprint density at radius 1 is 1.36 bits per heavy atom. The summed E-state index contributed by atoms with van der Waals surface area (Å²) in [6.45, 7) is 4.41. The van der Waals surface area contributed by atoms with Gasteiger partial charge in [0, 0.05) is 46.7 Å². The van der Waals surface area contributed by atoms with Crippen molar-refractivity contribution in [2.24, 2.45) is 0 Å². The molecule has 0 saturated carbocycles. The van der Waals surface area contributed by atoms with Gasteiger partial charge in [0.25, 0.3) is 0 Å². The number of pyridine rings is 1. The monoisotopic (exact) mass is 416 g/mol. The highest BCUT2D eigenvalue weighted by atomic mass is 35.5. The Morgan fingerprint density at radius 3 is 2.93 bits per heavy atom. The highest BCUT2D eigenvalue weighted by molar-refractivity contribution is 7.19. The predicted octanol–water partition coefficient (Wildman–Crippen LogP) is 3.93. The van der Waals surface area contributed by atoms with Crippen LogP contribution >= 0.6 is 22.9 Å². The second-order valence-corrected chi connectivity index (χ2v) is 9.16. The van der Waals surface area contributed by atoms with Crippen molar-refractivity contribution in [3.8, 4) is 16.9 Å². The number of benzene rings is 1. The van der Waals surface area contributed by atoms with Gasteiger partial charge >= 0.3 is 0 Å². The van der Waals surface area contributed by atoms with Crippen LogP contribution in [0, 0.1) is 6.92 Å². The van der Waals surface area contributed by atoms with Gasteiger partial charge in [0.15, 0.2) is 0 Å². The summed E-state index contributed by atoms with van der Waals surface area (Å²) in [6.07, 6.45) is 2.70. The lowest BCUT2D eigenvalue weighted by Gasteiger charge is -2.37. The van der Waals surface area contributed by atoms with Gasteiger partial charge in [-0.15, -0.1) is 11.3 Å². The van der Waals surface area contributed by atoms with Crippen molar-refractivity contribution >= 4 is 33.2 Å². The quantitative estimate of drug-likeness (QED) is 0.674. The van der Waals surface area contributed by atoms with Crippen molar-refractivity contribution in [1.82, 2.24) is 10.3 Å². The standard InChI is InChI=1S/C21H21ClN2O3S/c1-12-4-13(22)5-17(16-2-3-24-18-6-15(8-25)28-20(16)18)19(12)27-14-7-21(26-9-14)10-23-11-21/h2-6,14,23,25H,7-11H2,1H3. The Hall–Kier alpha value is -1.70. The third kappa shape index (κ3) is 3.09. The van der Waals surface area contributed by atoms with Gasteiger partial charge in [-0.1, -0.05) is 11.6 Å². The van der Waals surface area contributed by atoms with Crippen LogP contribution in [0.5, 0.6) is 5.75 Å². The first-order chi connectivity index (χ1) is 13.6. The molecule has 0 aliphatic carbocycles. The average molecular weight is 417 g/mol. The van der Waals surface area contributed by atoms with Crippen LogP contribution in [0.15, 0.2) is 30.5 Å². The van der Waals surface area contributed by atoms with Crippen molar-refractivity contribution in [1.29, 1.82) is 0 Å². The smallest absolute Gasteiger partial charge is 0.130 e. The van der Waals surface area contributed by atoms with Crippen LogP contribution in [0.25, 0.3) is 21.3 Å². The number of ether oxygens (including phenoxy) is 2. The fourth-order valence-corrected chi connectivity index (χ4v) is 5.33. The Morgan fingerprint density at radius 2 is 2.21 bits per heavy atom. The fraction of sp³-hybridized carbons (Fsp3) is 0.381. The largest absolute Gasteiger partial charge is 0.487 e. The lowest BCUT2D eigenvalue weighted by atomic mass is 9.93. The number of hydrogen-bond acceptors (Lipinski definition) is 6. The van der Waals surface area contributed by atoms with E-state index >= 15 is 0 Å². The summed E-state index contributed by atoms with van der Waals surface area (Å²) >= 11 is 7.96. The summed E-state index contributed by atoms with van der Waals surface area (Å²) in [5.41, 5.74) is 3.79. The van der Waals surface area contributed by atoms with E-state index in [0.717, 1.165) is 57.0 Å². The average Bonchev–Trinajstić information content (AvgIpc) is 3.27. The van der Waals surface area contributed by atoms with E-state index in [-0.39, 0.29) is 18.3 Å². The minimum Gasteiger partial charge on any atom is -0.487 e. The van der Waals surface area contributed by atoms with Crippen LogP contribution in [-0.2, 0) is 11.3 Å². The number of thiophene rings is 1. The number of hydrogen-bond donors (Lipinski definition) is 2. The predicted molar refractivity (Wildman–Crippen MR) is 111 cm³/mol. The second-order valence-electron chi connectivity index (χ2n) is 7.58. The lowest BCUT2D eigenvalue weighted by molar-refractivity contribution is -0.0368. The maximum absolute atomic E-state index is 9.53. The molecule has 5 rings (SSSR count). The molecule has 1 unspecified atom stereocenters. The van der Waals surface area contributed by atoms with Gasteiger partial charge in [-0.2, -0.15) is 0 Å². The molecule has 0 amide bonds. The molecule has 1 atom stereocenters. The Bertz CT molecular complexity index is 1050. The zero-order chi connectivity index (χ0) is 19.3. The fourth-order valence-electron chi connectivity index (χ4n) is 4.06. The summed E-state index contributed by atoms with van der Waals surface area (Å²) in [5.74, 6) is 0.841. The molecule has 3 aromatic rings. The molecule has 2 aliphatic heterocycles. The maximum atomic E-state index is 9.53. The highest BCUT2D eigenvalue weighted by Crippen LogP contribution is 2.43. The van der Waals surface area contributed by atoms with Gasteiger partial charge in [0.2, 0.25) is 0 Å². The number of rotatable bonds is 4. The van der Waals surface area contributed by atoms with Crippen LogP contribution in [-0.4, -0.2) is 41.5 Å². The number of aliphatic hydroxyl groups is 1. The van der Waals surface area contributed by atoms with E-state index in [1.807, 2.05) is 31.2 Å². The van der Waals surface area contributed by atoms with E-state index in [2.05, 4.69) is 10.3 Å². The number of aromatic nitrogens is 1. The summed E-state index contributed by atoms with van der Waals surface area (Å²) < 4.78 is 13.5. The Balaban J connectivity index is 1.57. The zero-order valence-corrected chi connectivity index (χ0v) is 17.1. The van der Waals surface area contributed by atoms with E-state index in [1.54, 1.807) is 17.5 Å². The topological polar surface area (TPSA) is 63.6 Å². The van der Waals surface area contributed by atoms with E-state index in [1.165, 1.54) is 0 Å². The molecule has 4 heterocycles. The number of aryl methyl sites for hydroxylation is 1. The number of halogens is 1. The van der Waals surface area contributed by atoms with Crippen LogP contribution in [0.4, 0.5) is 0 Å². The van der Waals surface area contributed by atoms with Crippen molar-refractivity contribution < 1.29 is 14.6 Å². The SMILES string of the molecule is Cc1cc(Cl)cc(-c2ccnc3cc(CO)sc23)c1OC1COC2(CNC2)C1. The van der Waals surface area contributed by atoms with Gasteiger partial charge in [0.1, 0.15) is 11.9 Å². The molecule has 0 bridgehead atoms. The molecule has 7 heteroatoms. The molecule has 1 spiro atoms. The van der Waals surface area contributed by atoms with E-state index in [0.29, 0.717) is 11.6 Å². The molecule has 2 aliphatic rings. The molecule has 0 radical (unpaired) electrons. The van der Waals surface area contributed by atoms with E-state index in [9.17, 15) is 5.11 Å². The van der Waals surface area contributed by atoms with Crippen molar-refractivity contribution in [2.45, 2.75) is 31.7 Å². The van der Waals surface area contributed by atoms with Crippen LogP contribution < -0.4 is 10.1 Å². The first-order valence-corrected chi connectivity index (χ1v) is 10.6. The lowest BCUT2D eigenvalue weighted by Crippen LogP contribution is -2.59. The Labute approximate surface area is 172 Å². The van der Waals surface area contributed by atoms with Gasteiger partial charge in [-0.05, 0) is 36.8 Å². The van der Waals surface area contributed by atoms with E-state index in [4.69, 9.17) is 21.1 Å². The Kier molecular flexibility index (Phi) is 4.56. The molecule has 146 valence electrons. The summed E-state index contributed by atoms with van der Waals surface area (Å²) in [4.78, 5) is 5.34. The molecule has 5 nitrogen and oxygen atoms in total. The molecule has 28 heavy (non-hydrogen) atoms. The number of nitrogens with zero attached hydrogens (tertiary/aromatic N) is 1. The summed E-state index contributed by atoms with van der Waals surface area (Å²) in [7, 11) is 0.